The Morgan fingerprint density at radius 1 is 0.787 bits per heavy atom. The fourth-order valence-electron chi connectivity index (χ4n) is 4.07. The molecule has 0 aliphatic heterocycles. The Labute approximate surface area is 279 Å². The van der Waals surface area contributed by atoms with E-state index in [1.165, 1.54) is 20.8 Å². The van der Waals surface area contributed by atoms with E-state index in [1.54, 1.807) is 87.5 Å². The maximum Gasteiger partial charge on any atom is 0.512 e. The molecule has 0 aliphatic carbocycles. The van der Waals surface area contributed by atoms with Crippen LogP contribution in [0.2, 0.25) is 5.02 Å². The average molecular weight is 669 g/mol. The SMILES string of the molecule is CC(OC(=O)OC(CNC(=O)OC(C)(C)C)c1ccccc1)OC(=O)C(C)(C)Oc1ccc(CCNC(=O)c2ccc(Cl)cc2)cc1. The predicted molar refractivity (Wildman–Crippen MR) is 175 cm³/mol. The number of carbonyl (C=O) groups is 4. The minimum atomic E-state index is -1.43. The molecular weight excluding hydrogens is 628 g/mol. The van der Waals surface area contributed by atoms with E-state index in [0.29, 0.717) is 34.9 Å². The normalized spacial score (nSPS) is 12.6. The summed E-state index contributed by atoms with van der Waals surface area (Å²) in [6, 6.07) is 22.5. The summed E-state index contributed by atoms with van der Waals surface area (Å²) in [4.78, 5) is 50.0. The number of halogens is 1. The number of ether oxygens (including phenoxy) is 5. The van der Waals surface area contributed by atoms with Crippen molar-refractivity contribution in [3.05, 3.63) is 101 Å². The third-order valence-corrected chi connectivity index (χ3v) is 6.62. The highest BCUT2D eigenvalue weighted by atomic mass is 35.5. The van der Waals surface area contributed by atoms with Gasteiger partial charge in [-0.15, -0.1) is 0 Å². The van der Waals surface area contributed by atoms with E-state index >= 15 is 0 Å². The first-order valence-electron chi connectivity index (χ1n) is 15.0. The molecule has 2 unspecified atom stereocenters. The molecule has 0 radical (unpaired) electrons. The molecule has 0 saturated carbocycles. The van der Waals surface area contributed by atoms with Gasteiger partial charge in [-0.2, -0.15) is 0 Å². The van der Waals surface area contributed by atoms with Crippen LogP contribution in [0.3, 0.4) is 0 Å². The molecule has 2 atom stereocenters. The molecule has 0 fully saturated rings. The Morgan fingerprint density at radius 2 is 1.43 bits per heavy atom. The molecule has 3 aromatic rings. The lowest BCUT2D eigenvalue weighted by molar-refractivity contribution is -0.183. The van der Waals surface area contributed by atoms with E-state index in [1.807, 2.05) is 12.1 Å². The van der Waals surface area contributed by atoms with Crippen molar-refractivity contribution >= 4 is 35.7 Å². The number of hydrogen-bond donors (Lipinski definition) is 2. The van der Waals surface area contributed by atoms with E-state index < -0.39 is 41.8 Å². The summed E-state index contributed by atoms with van der Waals surface area (Å²) < 4.78 is 27.1. The van der Waals surface area contributed by atoms with Gasteiger partial charge in [0.2, 0.25) is 6.29 Å². The van der Waals surface area contributed by atoms with E-state index in [9.17, 15) is 19.2 Å². The van der Waals surface area contributed by atoms with Gasteiger partial charge in [-0.1, -0.05) is 54.1 Å². The highest BCUT2D eigenvalue weighted by Gasteiger charge is 2.34. The Bertz CT molecular complexity index is 1490. The first kappa shape index (κ1) is 36.7. The second-order valence-electron chi connectivity index (χ2n) is 12.0. The molecule has 3 rings (SSSR count). The Balaban J connectivity index is 1.47. The van der Waals surface area contributed by atoms with E-state index in [-0.39, 0.29) is 12.5 Å². The number of hydrogen-bond acceptors (Lipinski definition) is 9. The molecule has 12 heteroatoms. The third-order valence-electron chi connectivity index (χ3n) is 6.37. The van der Waals surface area contributed by atoms with Crippen molar-refractivity contribution in [3.63, 3.8) is 0 Å². The predicted octanol–water partition coefficient (Wildman–Crippen LogP) is 6.78. The number of esters is 1. The number of amides is 2. The summed E-state index contributed by atoms with van der Waals surface area (Å²) >= 11 is 5.87. The van der Waals surface area contributed by atoms with Gasteiger partial charge in [0.05, 0.1) is 6.54 Å². The van der Waals surface area contributed by atoms with Gasteiger partial charge >= 0.3 is 18.2 Å². The minimum absolute atomic E-state index is 0.0834. The van der Waals surface area contributed by atoms with Gasteiger partial charge in [-0.05, 0) is 88.6 Å². The van der Waals surface area contributed by atoms with Crippen molar-refractivity contribution in [2.45, 2.75) is 71.6 Å². The first-order chi connectivity index (χ1) is 22.1. The zero-order valence-electron chi connectivity index (χ0n) is 27.3. The van der Waals surface area contributed by atoms with Crippen LogP contribution >= 0.6 is 11.6 Å². The zero-order valence-corrected chi connectivity index (χ0v) is 28.1. The van der Waals surface area contributed by atoms with Crippen LogP contribution in [0, 0.1) is 0 Å². The summed E-state index contributed by atoms with van der Waals surface area (Å²) in [5.74, 6) is -0.561. The number of rotatable bonds is 13. The quantitative estimate of drug-likeness (QED) is 0.115. The maximum atomic E-state index is 12.9. The molecule has 0 aliphatic rings. The highest BCUT2D eigenvalue weighted by molar-refractivity contribution is 6.30. The van der Waals surface area contributed by atoms with Crippen LogP contribution in [0.4, 0.5) is 9.59 Å². The average Bonchev–Trinajstić information content (AvgIpc) is 2.99. The lowest BCUT2D eigenvalue weighted by atomic mass is 10.1. The second-order valence-corrected chi connectivity index (χ2v) is 12.4. The van der Waals surface area contributed by atoms with Gasteiger partial charge in [0.1, 0.15) is 17.5 Å². The van der Waals surface area contributed by atoms with Gasteiger partial charge in [-0.3, -0.25) is 4.79 Å². The smallest absolute Gasteiger partial charge is 0.476 e. The zero-order chi connectivity index (χ0) is 34.6. The number of nitrogens with one attached hydrogen (secondary N) is 2. The summed E-state index contributed by atoms with van der Waals surface area (Å²) in [5, 5.41) is 6.00. The van der Waals surface area contributed by atoms with Crippen LogP contribution in [0.5, 0.6) is 5.75 Å². The van der Waals surface area contributed by atoms with E-state index in [4.69, 9.17) is 35.3 Å². The summed E-state index contributed by atoms with van der Waals surface area (Å²) in [6.45, 7) is 9.95. The van der Waals surface area contributed by atoms with Gasteiger partial charge in [0, 0.05) is 24.1 Å². The van der Waals surface area contributed by atoms with Gasteiger partial charge < -0.3 is 34.3 Å². The molecule has 47 heavy (non-hydrogen) atoms. The molecule has 0 spiro atoms. The molecular formula is C35H41ClN2O9. The number of benzene rings is 3. The minimum Gasteiger partial charge on any atom is -0.476 e. The Morgan fingerprint density at radius 3 is 2.04 bits per heavy atom. The highest BCUT2D eigenvalue weighted by Crippen LogP contribution is 2.22. The monoisotopic (exact) mass is 668 g/mol. The number of alkyl carbamates (subject to hydrolysis) is 1. The fourth-order valence-corrected chi connectivity index (χ4v) is 4.19. The lowest BCUT2D eigenvalue weighted by Gasteiger charge is -2.26. The Hall–Kier alpha value is -4.77. The van der Waals surface area contributed by atoms with Crippen LogP contribution in [-0.4, -0.2) is 54.7 Å². The Kier molecular flexibility index (Phi) is 13.0. The van der Waals surface area contributed by atoms with Gasteiger partial charge in [0.25, 0.3) is 5.91 Å². The van der Waals surface area contributed by atoms with Crippen molar-refractivity contribution < 1.29 is 42.9 Å². The summed E-state index contributed by atoms with van der Waals surface area (Å²) in [5.41, 5.74) is -0.0584. The fraction of sp³-hybridized carbons (Fsp3) is 0.371. The topological polar surface area (TPSA) is 138 Å². The van der Waals surface area contributed by atoms with Crippen LogP contribution in [0.25, 0.3) is 0 Å². The van der Waals surface area contributed by atoms with Crippen LogP contribution in [0.15, 0.2) is 78.9 Å². The van der Waals surface area contributed by atoms with E-state index in [2.05, 4.69) is 10.6 Å². The molecule has 3 aromatic carbocycles. The van der Waals surface area contributed by atoms with Crippen LogP contribution in [0.1, 0.15) is 69.1 Å². The lowest BCUT2D eigenvalue weighted by Crippen LogP contribution is -2.42. The first-order valence-corrected chi connectivity index (χ1v) is 15.4. The molecule has 11 nitrogen and oxygen atoms in total. The summed E-state index contributed by atoms with van der Waals surface area (Å²) in [7, 11) is 0. The van der Waals surface area contributed by atoms with Crippen molar-refractivity contribution in [1.82, 2.24) is 10.6 Å². The molecule has 0 bridgehead atoms. The molecule has 0 aromatic heterocycles. The van der Waals surface area contributed by atoms with Crippen LogP contribution in [-0.2, 0) is 30.2 Å². The van der Waals surface area contributed by atoms with E-state index in [0.717, 1.165) is 5.56 Å². The van der Waals surface area contributed by atoms with Crippen LogP contribution < -0.4 is 15.4 Å². The summed E-state index contributed by atoms with van der Waals surface area (Å²) in [6.07, 6.45) is -3.41. The standard InChI is InChI=1S/C35H41ClN2O9/c1-23(44-33(42)45-29(25-10-8-7-9-11-25)22-38-32(41)47-34(2,3)4)43-31(40)35(5,6)46-28-18-12-24(13-19-28)20-21-37-30(39)26-14-16-27(36)17-15-26/h7-19,23,29H,20-22H2,1-6H3,(H,37,39)(H,38,41). The largest absolute Gasteiger partial charge is 0.512 e. The van der Waals surface area contributed by atoms with Crippen molar-refractivity contribution in [2.24, 2.45) is 0 Å². The van der Waals surface area contributed by atoms with Crippen molar-refractivity contribution in [1.29, 1.82) is 0 Å². The second kappa shape index (κ2) is 16.7. The molecule has 2 N–H and O–H groups in total. The molecule has 0 heterocycles. The van der Waals surface area contributed by atoms with Crippen molar-refractivity contribution in [3.8, 4) is 5.75 Å². The molecule has 252 valence electrons. The van der Waals surface area contributed by atoms with Gasteiger partial charge in [-0.25, -0.2) is 14.4 Å². The molecule has 2 amide bonds. The number of carbonyl (C=O) groups excluding carboxylic acids is 4. The van der Waals surface area contributed by atoms with Crippen molar-refractivity contribution in [2.75, 3.05) is 13.1 Å². The maximum absolute atomic E-state index is 12.9. The molecule has 0 saturated heterocycles. The van der Waals surface area contributed by atoms with Gasteiger partial charge in [0.15, 0.2) is 5.60 Å². The third kappa shape index (κ3) is 12.9.